The van der Waals surface area contributed by atoms with Gasteiger partial charge < -0.3 is 39.0 Å². The van der Waals surface area contributed by atoms with Crippen LogP contribution in [0.4, 0.5) is 4.79 Å². The van der Waals surface area contributed by atoms with E-state index in [1.54, 1.807) is 18.7 Å². The number of ketones is 1. The van der Waals surface area contributed by atoms with Crippen LogP contribution >= 0.6 is 8.46 Å². The second kappa shape index (κ2) is 20.0. The van der Waals surface area contributed by atoms with Crippen LogP contribution in [0, 0.1) is 17.8 Å². The molecule has 3 fully saturated rings. The molecule has 17 heteroatoms. The van der Waals surface area contributed by atoms with E-state index in [1.807, 2.05) is 46.7 Å². The molecule has 0 saturated carbocycles. The Morgan fingerprint density at radius 1 is 1.17 bits per heavy atom. The van der Waals surface area contributed by atoms with Gasteiger partial charge in [-0.1, -0.05) is 25.9 Å². The van der Waals surface area contributed by atoms with Crippen LogP contribution in [0.25, 0.3) is 10.4 Å². The van der Waals surface area contributed by atoms with E-state index in [0.717, 1.165) is 0 Å². The molecule has 13 atom stereocenters. The molecule has 0 spiro atoms. The third-order valence-corrected chi connectivity index (χ3v) is 12.3. The van der Waals surface area contributed by atoms with Gasteiger partial charge >= 0.3 is 12.1 Å². The average Bonchev–Trinajstić information content (AvgIpc) is 3.38. The first kappa shape index (κ1) is 45.0. The maximum atomic E-state index is 14.4. The maximum absolute atomic E-state index is 14.4. The predicted molar refractivity (Wildman–Crippen MR) is 198 cm³/mol. The van der Waals surface area contributed by atoms with Gasteiger partial charge in [-0.2, -0.15) is 0 Å². The molecule has 0 bridgehead atoms. The number of esters is 1. The Morgan fingerprint density at radius 2 is 1.87 bits per heavy atom. The number of aliphatic hydroxyl groups is 1. The van der Waals surface area contributed by atoms with Gasteiger partial charge in [0.25, 0.3) is 0 Å². The van der Waals surface area contributed by atoms with Gasteiger partial charge in [-0.05, 0) is 91.9 Å². The van der Waals surface area contributed by atoms with E-state index in [2.05, 4.69) is 15.3 Å². The Bertz CT molecular complexity index is 1310. The van der Waals surface area contributed by atoms with E-state index >= 15 is 0 Å². The summed E-state index contributed by atoms with van der Waals surface area (Å²) in [4.78, 5) is 48.3. The van der Waals surface area contributed by atoms with Crippen LogP contribution in [0.15, 0.2) is 5.11 Å². The first-order valence-corrected chi connectivity index (χ1v) is 19.9. The zero-order valence-electron chi connectivity index (χ0n) is 33.2. The van der Waals surface area contributed by atoms with Gasteiger partial charge in [0.15, 0.2) is 26.1 Å². The fourth-order valence-electron chi connectivity index (χ4n) is 8.63. The molecule has 3 aliphatic heterocycles. The van der Waals surface area contributed by atoms with Crippen molar-refractivity contribution in [3.05, 3.63) is 10.4 Å². The molecule has 1 amide bonds. The summed E-state index contributed by atoms with van der Waals surface area (Å²) in [5.41, 5.74) is 5.60. The van der Waals surface area contributed by atoms with Gasteiger partial charge in [-0.25, -0.2) is 4.79 Å². The number of unbranched alkanes of at least 4 members (excludes halogenated alkanes) is 1. The number of azide groups is 1. The molecule has 0 aromatic carbocycles. The zero-order valence-corrected chi connectivity index (χ0v) is 34.1. The summed E-state index contributed by atoms with van der Waals surface area (Å²) >= 11 is 0. The minimum atomic E-state index is -1.26. The number of methoxy groups -OCH3 is 1. The first-order chi connectivity index (χ1) is 25.0. The molecule has 3 aliphatic rings. The van der Waals surface area contributed by atoms with Crippen LogP contribution in [0.2, 0.25) is 0 Å². The number of nitrogens with zero attached hydrogens (tertiary/aromatic N) is 5. The van der Waals surface area contributed by atoms with Gasteiger partial charge in [0.05, 0.1) is 23.9 Å². The third-order valence-electron chi connectivity index (χ3n) is 11.5. The summed E-state index contributed by atoms with van der Waals surface area (Å²) < 4.78 is 44.3. The van der Waals surface area contributed by atoms with Crippen molar-refractivity contribution < 1.29 is 47.7 Å². The van der Waals surface area contributed by atoms with Crippen LogP contribution in [0.5, 0.6) is 0 Å². The van der Waals surface area contributed by atoms with Crippen LogP contribution in [-0.2, 0) is 37.8 Å². The van der Waals surface area contributed by atoms with Crippen molar-refractivity contribution in [1.82, 2.24) is 15.1 Å². The Morgan fingerprint density at radius 3 is 2.45 bits per heavy atom. The largest absolute Gasteiger partial charge is 0.458 e. The molecular weight excluding hydrogens is 707 g/mol. The van der Waals surface area contributed by atoms with Crippen molar-refractivity contribution in [2.45, 2.75) is 147 Å². The number of cyclic esters (lactones) is 1. The standard InChI is InChI=1S/C36H63N6O10P/c1-11-27-35(7)30(42(34(46)52-35)16-13-12-15-39-40-37)25(6)38-20-21(2)19-36(48-10,14-17-43)31(23(4)28(44)24(5)32(45)50-27)51-33-29(53-47)26(41(8)9)18-22(3)49-33/h21-27,29-31,33,38,43H,11-20H2,1-10H3/t21-,22?,23+,24-,25-,26?,27-,29?,30-,31-,33+,35-,36-/m1/s1. The number of fused-ring (bicyclic) bond motifs is 1. The van der Waals surface area contributed by atoms with E-state index in [0.29, 0.717) is 51.7 Å². The number of carbonyl (C=O) groups is 3. The highest BCUT2D eigenvalue weighted by atomic mass is 31.1. The summed E-state index contributed by atoms with van der Waals surface area (Å²) in [5.74, 6) is -3.53. The topological polar surface area (TPSA) is 202 Å². The molecule has 302 valence electrons. The average molecular weight is 771 g/mol. The van der Waals surface area contributed by atoms with Crippen LogP contribution in [-0.4, -0.2) is 140 Å². The van der Waals surface area contributed by atoms with Crippen molar-refractivity contribution in [1.29, 1.82) is 0 Å². The number of rotatable bonds is 13. The number of nitrogens with one attached hydrogen (secondary N) is 1. The zero-order chi connectivity index (χ0) is 39.7. The lowest BCUT2D eigenvalue weighted by Gasteiger charge is -2.47. The Hall–Kier alpha value is -2.42. The summed E-state index contributed by atoms with van der Waals surface area (Å²) in [6, 6.07) is -1.05. The summed E-state index contributed by atoms with van der Waals surface area (Å²) in [6.45, 7) is 13.5. The van der Waals surface area contributed by atoms with Gasteiger partial charge in [0.2, 0.25) is 0 Å². The SMILES string of the molecule is CC[C@H]1OC(=O)[C@H](C)C(=O)[C@H](C)[C@@H](O[C@@H]2OC(C)CC(N(C)C)C2P=O)[C@](CCO)(OC)C[C@@H](C)CN[C@H](C)[C@H]2N(CCCCN=[N+]=[N-])C(=O)O[C@]12C. The highest BCUT2D eigenvalue weighted by Crippen LogP contribution is 2.42. The molecule has 0 aromatic heterocycles. The molecule has 3 saturated heterocycles. The molecule has 3 rings (SSSR count). The Balaban J connectivity index is 2.10. The predicted octanol–water partition coefficient (Wildman–Crippen LogP) is 4.72. The Labute approximate surface area is 316 Å². The first-order valence-electron chi connectivity index (χ1n) is 19.0. The molecule has 0 aromatic rings. The van der Waals surface area contributed by atoms with Gasteiger partial charge in [0.1, 0.15) is 17.7 Å². The third kappa shape index (κ3) is 10.3. The second-order valence-electron chi connectivity index (χ2n) is 15.6. The van der Waals surface area contributed by atoms with Crippen LogP contribution < -0.4 is 5.32 Å². The quantitative estimate of drug-likeness (QED) is 0.0498. The number of amides is 1. The lowest BCUT2D eigenvalue weighted by molar-refractivity contribution is -0.265. The monoisotopic (exact) mass is 770 g/mol. The van der Waals surface area contributed by atoms with Crippen molar-refractivity contribution in [2.75, 3.05) is 47.4 Å². The Kier molecular flexibility index (Phi) is 16.9. The van der Waals surface area contributed by atoms with E-state index in [9.17, 15) is 24.1 Å². The highest BCUT2D eigenvalue weighted by molar-refractivity contribution is 7.25. The van der Waals surface area contributed by atoms with Crippen LogP contribution in [0.1, 0.15) is 87.0 Å². The van der Waals surface area contributed by atoms with Crippen molar-refractivity contribution in [3.8, 4) is 0 Å². The molecule has 3 unspecified atom stereocenters. The van der Waals surface area contributed by atoms with Crippen molar-refractivity contribution in [2.24, 2.45) is 22.9 Å². The van der Waals surface area contributed by atoms with Gasteiger partial charge in [-0.15, -0.1) is 0 Å². The fourth-order valence-corrected chi connectivity index (χ4v) is 9.40. The normalized spacial score (nSPS) is 39.1. The van der Waals surface area contributed by atoms with E-state index in [1.165, 1.54) is 14.0 Å². The van der Waals surface area contributed by atoms with E-state index in [4.69, 9.17) is 29.2 Å². The highest BCUT2D eigenvalue weighted by Gasteiger charge is 2.59. The van der Waals surface area contributed by atoms with E-state index in [-0.39, 0.29) is 45.6 Å². The molecule has 0 radical (unpaired) electrons. The number of Topliss-reactive ketones (excluding diaryl/α,β-unsaturated/α-hetero) is 1. The smallest absolute Gasteiger partial charge is 0.410 e. The minimum absolute atomic E-state index is 0.105. The molecule has 3 heterocycles. The summed E-state index contributed by atoms with van der Waals surface area (Å²) in [5, 5.41) is 17.7. The van der Waals surface area contributed by atoms with Crippen molar-refractivity contribution >= 4 is 26.3 Å². The number of aliphatic hydroxyl groups excluding tert-OH is 1. The molecule has 0 aliphatic carbocycles. The summed E-state index contributed by atoms with van der Waals surface area (Å²) in [6.07, 6.45) is -1.14. The van der Waals surface area contributed by atoms with Gasteiger partial charge in [0, 0.05) is 56.1 Å². The molecule has 16 nitrogen and oxygen atoms in total. The van der Waals surface area contributed by atoms with E-state index < -0.39 is 71.1 Å². The molecule has 2 N–H and O–H groups in total. The number of ether oxygens (including phenoxy) is 5. The molecule has 53 heavy (non-hydrogen) atoms. The lowest BCUT2D eigenvalue weighted by Crippen LogP contribution is -2.61. The summed E-state index contributed by atoms with van der Waals surface area (Å²) in [7, 11) is 5.16. The number of hydrogen-bond donors (Lipinski definition) is 2. The van der Waals surface area contributed by atoms with Crippen molar-refractivity contribution in [3.63, 3.8) is 0 Å². The molecular formula is C36H63N6O10P. The fraction of sp³-hybridized carbons (Fsp3) is 0.917. The van der Waals surface area contributed by atoms with Gasteiger partial charge in [-0.3, -0.25) is 19.1 Å². The number of hydrogen-bond acceptors (Lipinski definition) is 13. The lowest BCUT2D eigenvalue weighted by atomic mass is 9.76. The number of carbonyl (C=O) groups excluding carboxylic acids is 3. The maximum Gasteiger partial charge on any atom is 0.410 e. The van der Waals surface area contributed by atoms with Crippen LogP contribution in [0.3, 0.4) is 0 Å². The minimum Gasteiger partial charge on any atom is -0.458 e. The second-order valence-corrected chi connectivity index (χ2v) is 16.4.